The van der Waals surface area contributed by atoms with Crippen molar-refractivity contribution in [3.05, 3.63) is 77.1 Å². The average molecular weight is 315 g/mol. The van der Waals surface area contributed by atoms with Crippen LogP contribution in [0.5, 0.6) is 5.75 Å². The van der Waals surface area contributed by atoms with E-state index in [1.54, 1.807) is 24.3 Å². The second-order valence-electron chi connectivity index (χ2n) is 4.78. The molecule has 0 bridgehead atoms. The van der Waals surface area contributed by atoms with E-state index in [4.69, 9.17) is 16.3 Å². The zero-order valence-corrected chi connectivity index (χ0v) is 12.3. The summed E-state index contributed by atoms with van der Waals surface area (Å²) < 4.78 is 19.1. The first-order chi connectivity index (χ1) is 10.7. The lowest BCUT2D eigenvalue weighted by Crippen LogP contribution is -2.13. The zero-order chi connectivity index (χ0) is 15.5. The maximum Gasteiger partial charge on any atom is 0.203 e. The van der Waals surface area contributed by atoms with E-state index in [-0.39, 0.29) is 12.2 Å². The maximum absolute atomic E-state index is 13.6. The van der Waals surface area contributed by atoms with Crippen molar-refractivity contribution in [3.8, 4) is 5.75 Å². The van der Waals surface area contributed by atoms with Crippen LogP contribution in [0, 0.1) is 5.82 Å². The number of halogens is 2. The molecule has 0 aliphatic rings. The highest BCUT2D eigenvalue weighted by Crippen LogP contribution is 2.31. The van der Waals surface area contributed by atoms with Gasteiger partial charge in [0.25, 0.3) is 0 Å². The van der Waals surface area contributed by atoms with Crippen molar-refractivity contribution in [1.29, 1.82) is 0 Å². The van der Waals surface area contributed by atoms with E-state index in [9.17, 15) is 9.18 Å². The molecular weight excluding hydrogens is 303 g/mol. The first kappa shape index (κ1) is 14.5. The molecule has 0 aliphatic carbocycles. The molecule has 0 amide bonds. The van der Waals surface area contributed by atoms with E-state index in [0.717, 1.165) is 10.8 Å². The van der Waals surface area contributed by atoms with Crippen molar-refractivity contribution >= 4 is 28.2 Å². The molecule has 3 aromatic carbocycles. The van der Waals surface area contributed by atoms with Crippen LogP contribution in [-0.4, -0.2) is 12.4 Å². The highest BCUT2D eigenvalue weighted by molar-refractivity contribution is 6.35. The van der Waals surface area contributed by atoms with Crippen molar-refractivity contribution in [1.82, 2.24) is 0 Å². The molecule has 0 saturated carbocycles. The minimum absolute atomic E-state index is 0.0285. The van der Waals surface area contributed by atoms with E-state index in [1.807, 2.05) is 24.3 Å². The van der Waals surface area contributed by atoms with Gasteiger partial charge in [-0.2, -0.15) is 0 Å². The molecule has 110 valence electrons. The second kappa shape index (κ2) is 6.16. The molecule has 2 nitrogen and oxygen atoms in total. The standard InChI is InChI=1S/C18H12ClFO2/c19-15-9-10-18(13-6-2-1-5-12(13)15)22-11-17(21)14-7-3-4-8-16(14)20/h1-10H,11H2. The van der Waals surface area contributed by atoms with Gasteiger partial charge in [0.05, 0.1) is 5.56 Å². The number of fused-ring (bicyclic) bond motifs is 1. The van der Waals surface area contributed by atoms with E-state index in [2.05, 4.69) is 0 Å². The number of ketones is 1. The van der Waals surface area contributed by atoms with Crippen LogP contribution in [0.25, 0.3) is 10.8 Å². The number of carbonyl (C=O) groups excluding carboxylic acids is 1. The van der Waals surface area contributed by atoms with Gasteiger partial charge in [-0.15, -0.1) is 0 Å². The van der Waals surface area contributed by atoms with Gasteiger partial charge in [-0.05, 0) is 24.3 Å². The van der Waals surface area contributed by atoms with Crippen LogP contribution < -0.4 is 4.74 Å². The molecule has 0 saturated heterocycles. The SMILES string of the molecule is O=C(COc1ccc(Cl)c2ccccc12)c1ccccc1F. The molecule has 0 radical (unpaired) electrons. The van der Waals surface area contributed by atoms with E-state index >= 15 is 0 Å². The third kappa shape index (κ3) is 2.81. The van der Waals surface area contributed by atoms with Gasteiger partial charge in [0.1, 0.15) is 11.6 Å². The first-order valence-electron chi connectivity index (χ1n) is 6.74. The van der Waals surface area contributed by atoms with Gasteiger partial charge in [0.2, 0.25) is 5.78 Å². The van der Waals surface area contributed by atoms with Crippen molar-refractivity contribution in [2.24, 2.45) is 0 Å². The summed E-state index contributed by atoms with van der Waals surface area (Å²) in [5.74, 6) is -0.404. The normalized spacial score (nSPS) is 10.6. The van der Waals surface area contributed by atoms with E-state index in [0.29, 0.717) is 10.8 Å². The summed E-state index contributed by atoms with van der Waals surface area (Å²) in [6.07, 6.45) is 0. The smallest absolute Gasteiger partial charge is 0.203 e. The molecule has 4 heteroatoms. The van der Waals surface area contributed by atoms with Gasteiger partial charge in [-0.1, -0.05) is 48.0 Å². The fraction of sp³-hybridized carbons (Fsp3) is 0.0556. The molecule has 3 rings (SSSR count). The topological polar surface area (TPSA) is 26.3 Å². The van der Waals surface area contributed by atoms with Crippen LogP contribution in [0.1, 0.15) is 10.4 Å². The van der Waals surface area contributed by atoms with Gasteiger partial charge < -0.3 is 4.74 Å². The third-order valence-electron chi connectivity index (χ3n) is 3.36. The number of hydrogen-bond acceptors (Lipinski definition) is 2. The fourth-order valence-electron chi connectivity index (χ4n) is 2.27. The molecule has 0 atom stereocenters. The Morgan fingerprint density at radius 3 is 2.41 bits per heavy atom. The van der Waals surface area contributed by atoms with Crippen LogP contribution >= 0.6 is 11.6 Å². The van der Waals surface area contributed by atoms with E-state index < -0.39 is 11.6 Å². The largest absolute Gasteiger partial charge is 0.485 e. The lowest BCUT2D eigenvalue weighted by molar-refractivity contribution is 0.0918. The summed E-state index contributed by atoms with van der Waals surface area (Å²) in [6.45, 7) is -0.230. The molecule has 0 unspecified atom stereocenters. The Morgan fingerprint density at radius 2 is 1.64 bits per heavy atom. The third-order valence-corrected chi connectivity index (χ3v) is 3.69. The summed E-state index contributed by atoms with van der Waals surface area (Å²) in [7, 11) is 0. The van der Waals surface area contributed by atoms with Crippen LogP contribution in [-0.2, 0) is 0 Å². The molecule has 0 N–H and O–H groups in total. The van der Waals surface area contributed by atoms with Crippen LogP contribution in [0.4, 0.5) is 4.39 Å². The predicted molar refractivity (Wildman–Crippen MR) is 85.2 cm³/mol. The molecule has 0 heterocycles. The lowest BCUT2D eigenvalue weighted by Gasteiger charge is -2.10. The molecular formula is C18H12ClFO2. The summed E-state index contributed by atoms with van der Waals surface area (Å²) in [6, 6.07) is 16.8. The van der Waals surface area contributed by atoms with E-state index in [1.165, 1.54) is 12.1 Å². The zero-order valence-electron chi connectivity index (χ0n) is 11.6. The highest BCUT2D eigenvalue weighted by atomic mass is 35.5. The summed E-state index contributed by atoms with van der Waals surface area (Å²) >= 11 is 6.14. The quantitative estimate of drug-likeness (QED) is 0.641. The fourth-order valence-corrected chi connectivity index (χ4v) is 2.50. The van der Waals surface area contributed by atoms with Gasteiger partial charge >= 0.3 is 0 Å². The van der Waals surface area contributed by atoms with Crippen LogP contribution in [0.15, 0.2) is 60.7 Å². The highest BCUT2D eigenvalue weighted by Gasteiger charge is 2.13. The molecule has 0 spiro atoms. The molecule has 0 fully saturated rings. The molecule has 22 heavy (non-hydrogen) atoms. The maximum atomic E-state index is 13.6. The van der Waals surface area contributed by atoms with Gasteiger partial charge in [0, 0.05) is 15.8 Å². The summed E-state index contributed by atoms with van der Waals surface area (Å²) in [5, 5.41) is 2.28. The van der Waals surface area contributed by atoms with Crippen molar-refractivity contribution in [2.45, 2.75) is 0 Å². The monoisotopic (exact) mass is 314 g/mol. The number of Topliss-reactive ketones (excluding diaryl/α,β-unsaturated/α-hetero) is 1. The van der Waals surface area contributed by atoms with Crippen LogP contribution in [0.2, 0.25) is 5.02 Å². The Balaban J connectivity index is 1.84. The lowest BCUT2D eigenvalue weighted by atomic mass is 10.1. The van der Waals surface area contributed by atoms with Crippen LogP contribution in [0.3, 0.4) is 0 Å². The Hall–Kier alpha value is -2.39. The summed E-state index contributed by atoms with van der Waals surface area (Å²) in [4.78, 5) is 12.1. The minimum atomic E-state index is -0.544. The number of hydrogen-bond donors (Lipinski definition) is 0. The van der Waals surface area contributed by atoms with Crippen molar-refractivity contribution < 1.29 is 13.9 Å². The predicted octanol–water partition coefficient (Wildman–Crippen LogP) is 4.89. The Kier molecular flexibility index (Phi) is 4.07. The second-order valence-corrected chi connectivity index (χ2v) is 5.19. The van der Waals surface area contributed by atoms with Gasteiger partial charge in [-0.25, -0.2) is 4.39 Å². The molecule has 0 aliphatic heterocycles. The number of ether oxygens (including phenoxy) is 1. The number of benzene rings is 3. The average Bonchev–Trinajstić information content (AvgIpc) is 2.55. The Labute approximate surface area is 132 Å². The molecule has 0 aromatic heterocycles. The molecule has 3 aromatic rings. The Bertz CT molecular complexity index is 845. The first-order valence-corrected chi connectivity index (χ1v) is 7.12. The minimum Gasteiger partial charge on any atom is -0.485 e. The van der Waals surface area contributed by atoms with Gasteiger partial charge in [0.15, 0.2) is 6.61 Å². The van der Waals surface area contributed by atoms with Crippen molar-refractivity contribution in [2.75, 3.05) is 6.61 Å². The number of rotatable bonds is 4. The van der Waals surface area contributed by atoms with Gasteiger partial charge in [-0.3, -0.25) is 4.79 Å². The number of carbonyl (C=O) groups is 1. The Morgan fingerprint density at radius 1 is 0.955 bits per heavy atom. The van der Waals surface area contributed by atoms with Crippen molar-refractivity contribution in [3.63, 3.8) is 0 Å². The summed E-state index contributed by atoms with van der Waals surface area (Å²) in [5.41, 5.74) is 0.0285.